The number of hydrogen-bond acceptors (Lipinski definition) is 3. The Bertz CT molecular complexity index is 108. The number of piperazine rings is 1. The van der Waals surface area contributed by atoms with Crippen LogP contribution in [0.1, 0.15) is 0 Å². The lowest BCUT2D eigenvalue weighted by Gasteiger charge is -2.26. The van der Waals surface area contributed by atoms with Crippen LogP contribution in [0.2, 0.25) is 0 Å². The van der Waals surface area contributed by atoms with E-state index in [0.29, 0.717) is 6.10 Å². The Labute approximate surface area is 61.3 Å². The first-order chi connectivity index (χ1) is 4.95. The van der Waals surface area contributed by atoms with Gasteiger partial charge in [0.1, 0.15) is 0 Å². The topological polar surface area (TPSA) is 27.8 Å². The van der Waals surface area contributed by atoms with Crippen molar-refractivity contribution in [3.05, 3.63) is 0 Å². The van der Waals surface area contributed by atoms with Crippen LogP contribution < -0.4 is 5.32 Å². The van der Waals surface area contributed by atoms with Crippen molar-refractivity contribution in [2.45, 2.75) is 6.10 Å². The zero-order chi connectivity index (χ0) is 6.81. The van der Waals surface area contributed by atoms with Crippen molar-refractivity contribution in [1.29, 1.82) is 0 Å². The van der Waals surface area contributed by atoms with Crippen LogP contribution in [0, 0.1) is 0 Å². The number of hydrogen-bond donors (Lipinski definition) is 1. The zero-order valence-electron chi connectivity index (χ0n) is 6.18. The molecule has 0 spiro atoms. The van der Waals surface area contributed by atoms with Gasteiger partial charge in [-0.1, -0.05) is 0 Å². The van der Waals surface area contributed by atoms with Gasteiger partial charge >= 0.3 is 0 Å². The van der Waals surface area contributed by atoms with Gasteiger partial charge in [0.15, 0.2) is 0 Å². The molecule has 0 aromatic carbocycles. The number of nitrogens with one attached hydrogen (secondary N) is 1. The van der Waals surface area contributed by atoms with E-state index in [0.717, 1.165) is 26.2 Å². The molecule has 2 saturated heterocycles. The molecule has 0 aliphatic carbocycles. The lowest BCUT2D eigenvalue weighted by molar-refractivity contribution is 0.217. The first kappa shape index (κ1) is 6.58. The van der Waals surface area contributed by atoms with Crippen LogP contribution >= 0.6 is 0 Å². The predicted molar refractivity (Wildman–Crippen MR) is 39.0 cm³/mol. The Morgan fingerprint density at radius 3 is 2.70 bits per heavy atom. The number of epoxide rings is 1. The van der Waals surface area contributed by atoms with E-state index in [1.807, 2.05) is 0 Å². The molecular weight excluding hydrogens is 128 g/mol. The largest absolute Gasteiger partial charge is 0.372 e. The normalized spacial score (nSPS) is 34.2. The molecule has 0 aromatic heterocycles. The molecule has 1 atom stereocenters. The Morgan fingerprint density at radius 1 is 1.40 bits per heavy atom. The minimum Gasteiger partial charge on any atom is -0.372 e. The highest BCUT2D eigenvalue weighted by molar-refractivity contribution is 4.77. The monoisotopic (exact) mass is 142 g/mol. The lowest BCUT2D eigenvalue weighted by Crippen LogP contribution is -2.44. The molecule has 2 fully saturated rings. The molecule has 2 heterocycles. The third-order valence-electron chi connectivity index (χ3n) is 2.07. The van der Waals surface area contributed by atoms with E-state index < -0.39 is 0 Å². The SMILES string of the molecule is C1CN(C[C@@H]2CO2)CCN1. The fourth-order valence-electron chi connectivity index (χ4n) is 1.36. The predicted octanol–water partition coefficient (Wildman–Crippen LogP) is -0.710. The van der Waals surface area contributed by atoms with E-state index in [1.54, 1.807) is 0 Å². The molecule has 0 saturated carbocycles. The first-order valence-electron chi connectivity index (χ1n) is 4.00. The van der Waals surface area contributed by atoms with Gasteiger partial charge in [0.25, 0.3) is 0 Å². The summed E-state index contributed by atoms with van der Waals surface area (Å²) in [5.41, 5.74) is 0. The fourth-order valence-corrected chi connectivity index (χ4v) is 1.36. The van der Waals surface area contributed by atoms with Gasteiger partial charge < -0.3 is 10.1 Å². The molecular formula is C7H14N2O. The summed E-state index contributed by atoms with van der Waals surface area (Å²) in [7, 11) is 0. The minimum atomic E-state index is 0.568. The summed E-state index contributed by atoms with van der Waals surface area (Å²) in [5.74, 6) is 0. The molecule has 0 bridgehead atoms. The van der Waals surface area contributed by atoms with Crippen LogP contribution in [0.25, 0.3) is 0 Å². The summed E-state index contributed by atoms with van der Waals surface area (Å²) in [6, 6.07) is 0. The van der Waals surface area contributed by atoms with E-state index in [2.05, 4.69) is 10.2 Å². The van der Waals surface area contributed by atoms with Crippen LogP contribution in [0.15, 0.2) is 0 Å². The van der Waals surface area contributed by atoms with Gasteiger partial charge in [0.05, 0.1) is 12.7 Å². The van der Waals surface area contributed by atoms with Gasteiger partial charge in [-0.3, -0.25) is 4.90 Å². The van der Waals surface area contributed by atoms with Crippen molar-refractivity contribution in [3.8, 4) is 0 Å². The van der Waals surface area contributed by atoms with Crippen molar-refractivity contribution in [3.63, 3.8) is 0 Å². The maximum Gasteiger partial charge on any atom is 0.0936 e. The van der Waals surface area contributed by atoms with Crippen molar-refractivity contribution in [1.82, 2.24) is 10.2 Å². The average Bonchev–Trinajstić information content (AvgIpc) is 2.74. The van der Waals surface area contributed by atoms with Gasteiger partial charge in [-0.2, -0.15) is 0 Å². The molecule has 2 rings (SSSR count). The number of nitrogens with zero attached hydrogens (tertiary/aromatic N) is 1. The molecule has 10 heavy (non-hydrogen) atoms. The molecule has 0 amide bonds. The average molecular weight is 142 g/mol. The Morgan fingerprint density at radius 2 is 2.10 bits per heavy atom. The van der Waals surface area contributed by atoms with E-state index in [9.17, 15) is 0 Å². The van der Waals surface area contributed by atoms with Crippen molar-refractivity contribution in [2.24, 2.45) is 0 Å². The second kappa shape index (κ2) is 2.86. The van der Waals surface area contributed by atoms with Crippen LogP contribution in [0.4, 0.5) is 0 Å². The van der Waals surface area contributed by atoms with E-state index in [1.165, 1.54) is 13.1 Å². The third kappa shape index (κ3) is 1.68. The van der Waals surface area contributed by atoms with Crippen molar-refractivity contribution >= 4 is 0 Å². The second-order valence-electron chi connectivity index (χ2n) is 3.01. The van der Waals surface area contributed by atoms with Crippen LogP contribution in [0.3, 0.4) is 0 Å². The maximum atomic E-state index is 5.15. The Balaban J connectivity index is 1.69. The molecule has 2 aliphatic heterocycles. The fraction of sp³-hybridized carbons (Fsp3) is 1.00. The Hall–Kier alpha value is -0.120. The van der Waals surface area contributed by atoms with Gasteiger partial charge in [-0.05, 0) is 0 Å². The van der Waals surface area contributed by atoms with Gasteiger partial charge in [-0.15, -0.1) is 0 Å². The smallest absolute Gasteiger partial charge is 0.0936 e. The van der Waals surface area contributed by atoms with Crippen molar-refractivity contribution in [2.75, 3.05) is 39.3 Å². The van der Waals surface area contributed by atoms with Crippen molar-refractivity contribution < 1.29 is 4.74 Å². The quantitative estimate of drug-likeness (QED) is 0.516. The van der Waals surface area contributed by atoms with Crippen LogP contribution in [-0.2, 0) is 4.74 Å². The molecule has 1 N–H and O–H groups in total. The number of ether oxygens (including phenoxy) is 1. The van der Waals surface area contributed by atoms with E-state index >= 15 is 0 Å². The molecule has 58 valence electrons. The van der Waals surface area contributed by atoms with Gasteiger partial charge in [0.2, 0.25) is 0 Å². The minimum absolute atomic E-state index is 0.568. The van der Waals surface area contributed by atoms with Gasteiger partial charge in [0, 0.05) is 32.7 Å². The summed E-state index contributed by atoms with van der Waals surface area (Å²) >= 11 is 0. The molecule has 3 nitrogen and oxygen atoms in total. The second-order valence-corrected chi connectivity index (χ2v) is 3.01. The molecule has 0 unspecified atom stereocenters. The Kier molecular flexibility index (Phi) is 1.88. The summed E-state index contributed by atoms with van der Waals surface area (Å²) < 4.78 is 5.15. The first-order valence-corrected chi connectivity index (χ1v) is 4.00. The molecule has 0 radical (unpaired) electrons. The maximum absolute atomic E-state index is 5.15. The van der Waals surface area contributed by atoms with E-state index in [4.69, 9.17) is 4.74 Å². The summed E-state index contributed by atoms with van der Waals surface area (Å²) in [4.78, 5) is 2.47. The summed E-state index contributed by atoms with van der Waals surface area (Å²) in [5, 5.41) is 3.33. The number of rotatable bonds is 2. The zero-order valence-corrected chi connectivity index (χ0v) is 6.18. The van der Waals surface area contributed by atoms with Gasteiger partial charge in [-0.25, -0.2) is 0 Å². The highest BCUT2D eigenvalue weighted by Gasteiger charge is 2.25. The standard InChI is InChI=1S/C7H14N2O/c1-3-9(4-2-8-1)5-7-6-10-7/h7-8H,1-6H2/t7-/m1/s1. The van der Waals surface area contributed by atoms with Crippen LogP contribution in [-0.4, -0.2) is 50.3 Å². The lowest BCUT2D eigenvalue weighted by atomic mass is 10.3. The molecule has 3 heteroatoms. The molecule has 0 aromatic rings. The van der Waals surface area contributed by atoms with Crippen LogP contribution in [0.5, 0.6) is 0 Å². The highest BCUT2D eigenvalue weighted by Crippen LogP contribution is 2.10. The third-order valence-corrected chi connectivity index (χ3v) is 2.07. The molecule has 2 aliphatic rings. The van der Waals surface area contributed by atoms with E-state index in [-0.39, 0.29) is 0 Å². The summed E-state index contributed by atoms with van der Waals surface area (Å²) in [6.07, 6.45) is 0.568. The summed E-state index contributed by atoms with van der Waals surface area (Å²) in [6.45, 7) is 6.82. The highest BCUT2D eigenvalue weighted by atomic mass is 16.6.